The van der Waals surface area contributed by atoms with Crippen LogP contribution in [0.1, 0.15) is 31.4 Å². The lowest BCUT2D eigenvalue weighted by Crippen LogP contribution is -2.50. The predicted octanol–water partition coefficient (Wildman–Crippen LogP) is 4.70. The molecule has 1 heterocycles. The van der Waals surface area contributed by atoms with Gasteiger partial charge in [0.2, 0.25) is 0 Å². The molecule has 1 aliphatic heterocycles. The summed E-state index contributed by atoms with van der Waals surface area (Å²) < 4.78 is 0. The second-order valence-corrected chi connectivity index (χ2v) is 8.25. The van der Waals surface area contributed by atoms with E-state index in [4.69, 9.17) is 11.6 Å². The van der Waals surface area contributed by atoms with E-state index in [0.717, 1.165) is 49.7 Å². The molecule has 0 spiro atoms. The molecule has 0 aliphatic carbocycles. The minimum Gasteiger partial charge on any atom is -0.385 e. The maximum absolute atomic E-state index is 11.4. The fraction of sp³-hybridized carbons (Fsp3) is 0.478. The lowest BCUT2D eigenvalue weighted by molar-refractivity contribution is -0.0340. The Hall–Kier alpha value is -1.55. The third-order valence-corrected chi connectivity index (χ3v) is 6.19. The Morgan fingerprint density at radius 1 is 1.07 bits per heavy atom. The molecule has 27 heavy (non-hydrogen) atoms. The van der Waals surface area contributed by atoms with E-state index in [1.54, 1.807) is 0 Å². The second kappa shape index (κ2) is 8.64. The highest BCUT2D eigenvalue weighted by molar-refractivity contribution is 6.30. The Kier molecular flexibility index (Phi) is 6.46. The lowest BCUT2D eigenvalue weighted by atomic mass is 9.79. The predicted molar refractivity (Wildman–Crippen MR) is 115 cm³/mol. The Balaban J connectivity index is 1.62. The van der Waals surface area contributed by atoms with Gasteiger partial charge in [-0.15, -0.1) is 0 Å². The molecule has 0 radical (unpaired) electrons. The van der Waals surface area contributed by atoms with Crippen molar-refractivity contribution in [3.05, 3.63) is 64.7 Å². The number of piperazine rings is 1. The number of hydrogen-bond acceptors (Lipinski definition) is 3. The fourth-order valence-electron chi connectivity index (χ4n) is 4.15. The summed E-state index contributed by atoms with van der Waals surface area (Å²) in [5.41, 5.74) is 2.65. The molecule has 1 fully saturated rings. The van der Waals surface area contributed by atoms with E-state index in [0.29, 0.717) is 0 Å². The molecule has 3 nitrogen and oxygen atoms in total. The van der Waals surface area contributed by atoms with E-state index in [9.17, 15) is 5.11 Å². The molecule has 2 atom stereocenters. The molecule has 1 N–H and O–H groups in total. The Bertz CT molecular complexity index is 758. The van der Waals surface area contributed by atoms with Crippen molar-refractivity contribution >= 4 is 17.3 Å². The molecule has 2 aromatic carbocycles. The Morgan fingerprint density at radius 3 is 2.41 bits per heavy atom. The summed E-state index contributed by atoms with van der Waals surface area (Å²) in [7, 11) is 0. The highest BCUT2D eigenvalue weighted by Crippen LogP contribution is 2.34. The van der Waals surface area contributed by atoms with Crippen LogP contribution in [0.15, 0.2) is 48.5 Å². The summed E-state index contributed by atoms with van der Waals surface area (Å²) in [6.07, 6.45) is 0.722. The van der Waals surface area contributed by atoms with Gasteiger partial charge >= 0.3 is 0 Å². The van der Waals surface area contributed by atoms with E-state index in [-0.39, 0.29) is 5.92 Å². The molecule has 0 bridgehead atoms. The topological polar surface area (TPSA) is 26.7 Å². The van der Waals surface area contributed by atoms with Crippen molar-refractivity contribution in [3.8, 4) is 0 Å². The van der Waals surface area contributed by atoms with Gasteiger partial charge in [-0.3, -0.25) is 4.90 Å². The van der Waals surface area contributed by atoms with Crippen LogP contribution in [0, 0.1) is 12.8 Å². The van der Waals surface area contributed by atoms with E-state index in [1.807, 2.05) is 24.3 Å². The van der Waals surface area contributed by atoms with Crippen LogP contribution in [0.2, 0.25) is 5.02 Å². The van der Waals surface area contributed by atoms with Crippen molar-refractivity contribution in [1.29, 1.82) is 0 Å². The SMILES string of the molecule is CCC(O)(c1cccc(C)c1)C(C)CN1CCN(c2cccc(Cl)c2)CC1. The summed E-state index contributed by atoms with van der Waals surface area (Å²) in [5.74, 6) is 0.169. The van der Waals surface area contributed by atoms with Gasteiger partial charge in [0.1, 0.15) is 0 Å². The van der Waals surface area contributed by atoms with Crippen LogP contribution >= 0.6 is 11.6 Å². The van der Waals surface area contributed by atoms with Crippen molar-refractivity contribution in [2.75, 3.05) is 37.6 Å². The van der Waals surface area contributed by atoms with Crippen molar-refractivity contribution in [3.63, 3.8) is 0 Å². The smallest absolute Gasteiger partial charge is 0.0931 e. The van der Waals surface area contributed by atoms with Crippen molar-refractivity contribution in [2.24, 2.45) is 5.92 Å². The normalized spacial score (nSPS) is 18.9. The van der Waals surface area contributed by atoms with Crippen molar-refractivity contribution in [2.45, 2.75) is 32.8 Å². The standard InChI is InChI=1S/C23H31ClN2O/c1-4-23(27,20-8-5-7-18(2)15-20)19(3)17-25-11-13-26(14-12-25)22-10-6-9-21(24)16-22/h5-10,15-16,19,27H,4,11-14,17H2,1-3H3. The van der Waals surface area contributed by atoms with Crippen LogP contribution < -0.4 is 4.90 Å². The molecular formula is C23H31ClN2O. The first-order chi connectivity index (χ1) is 12.9. The van der Waals surface area contributed by atoms with Crippen LogP contribution in [0.3, 0.4) is 0 Å². The van der Waals surface area contributed by atoms with E-state index in [2.05, 4.69) is 54.8 Å². The first kappa shape index (κ1) is 20.2. The average molecular weight is 387 g/mol. The number of aliphatic hydroxyl groups is 1. The third-order valence-electron chi connectivity index (χ3n) is 5.95. The van der Waals surface area contributed by atoms with E-state index in [1.165, 1.54) is 11.3 Å². The van der Waals surface area contributed by atoms with Crippen LogP contribution in [-0.4, -0.2) is 42.7 Å². The molecule has 0 saturated carbocycles. The molecule has 3 rings (SSSR count). The summed E-state index contributed by atoms with van der Waals surface area (Å²) in [6.45, 7) is 11.2. The van der Waals surface area contributed by atoms with Gasteiger partial charge in [0.25, 0.3) is 0 Å². The number of halogens is 1. The molecule has 4 heteroatoms. The maximum atomic E-state index is 11.4. The molecule has 2 aromatic rings. The minimum absolute atomic E-state index is 0.169. The average Bonchev–Trinajstić information content (AvgIpc) is 2.68. The zero-order valence-electron chi connectivity index (χ0n) is 16.7. The third kappa shape index (κ3) is 4.66. The largest absolute Gasteiger partial charge is 0.385 e. The minimum atomic E-state index is -0.782. The summed E-state index contributed by atoms with van der Waals surface area (Å²) in [4.78, 5) is 4.86. The molecule has 1 saturated heterocycles. The number of rotatable bonds is 6. The lowest BCUT2D eigenvalue weighted by Gasteiger charge is -2.41. The molecule has 0 amide bonds. The van der Waals surface area contributed by atoms with Crippen molar-refractivity contribution < 1.29 is 5.11 Å². The Morgan fingerprint density at radius 2 is 1.78 bits per heavy atom. The number of nitrogens with zero attached hydrogens (tertiary/aromatic N) is 2. The zero-order valence-corrected chi connectivity index (χ0v) is 17.4. The number of anilines is 1. The van der Waals surface area contributed by atoms with Crippen LogP contribution in [0.4, 0.5) is 5.69 Å². The highest BCUT2D eigenvalue weighted by atomic mass is 35.5. The number of benzene rings is 2. The van der Waals surface area contributed by atoms with Gasteiger partial charge in [0, 0.05) is 49.4 Å². The molecule has 146 valence electrons. The fourth-order valence-corrected chi connectivity index (χ4v) is 4.34. The summed E-state index contributed by atoms with van der Waals surface area (Å²) >= 11 is 6.13. The van der Waals surface area contributed by atoms with Crippen LogP contribution in [0.25, 0.3) is 0 Å². The Labute approximate surface area is 168 Å². The highest BCUT2D eigenvalue weighted by Gasteiger charge is 2.35. The first-order valence-electron chi connectivity index (χ1n) is 9.95. The van der Waals surface area contributed by atoms with Gasteiger partial charge in [-0.2, -0.15) is 0 Å². The monoisotopic (exact) mass is 386 g/mol. The van der Waals surface area contributed by atoms with Gasteiger partial charge < -0.3 is 10.0 Å². The second-order valence-electron chi connectivity index (χ2n) is 7.82. The molecule has 0 aromatic heterocycles. The number of hydrogen-bond donors (Lipinski definition) is 1. The first-order valence-corrected chi connectivity index (χ1v) is 10.3. The molecule has 1 aliphatic rings. The summed E-state index contributed by atoms with van der Waals surface area (Å²) in [5, 5.41) is 12.2. The van der Waals surface area contributed by atoms with Gasteiger partial charge in [-0.25, -0.2) is 0 Å². The van der Waals surface area contributed by atoms with Crippen LogP contribution in [-0.2, 0) is 5.60 Å². The van der Waals surface area contributed by atoms with Crippen molar-refractivity contribution in [1.82, 2.24) is 4.90 Å². The van der Waals surface area contributed by atoms with Gasteiger partial charge in [0.05, 0.1) is 5.60 Å². The van der Waals surface area contributed by atoms with Crippen LogP contribution in [0.5, 0.6) is 0 Å². The van der Waals surface area contributed by atoms with Gasteiger partial charge in [-0.05, 0) is 37.1 Å². The van der Waals surface area contributed by atoms with E-state index < -0.39 is 5.60 Å². The van der Waals surface area contributed by atoms with Gasteiger partial charge in [-0.1, -0.05) is 61.3 Å². The maximum Gasteiger partial charge on any atom is 0.0931 e. The quantitative estimate of drug-likeness (QED) is 0.779. The number of aryl methyl sites for hydroxylation is 1. The molecule has 2 unspecified atom stereocenters. The summed E-state index contributed by atoms with van der Waals surface area (Å²) in [6, 6.07) is 16.4. The zero-order chi connectivity index (χ0) is 19.4. The van der Waals surface area contributed by atoms with Gasteiger partial charge in [0.15, 0.2) is 0 Å². The van der Waals surface area contributed by atoms with E-state index >= 15 is 0 Å². The molecular weight excluding hydrogens is 356 g/mol.